The van der Waals surface area contributed by atoms with Crippen LogP contribution in [0.15, 0.2) is 55.0 Å². The Kier molecular flexibility index (Phi) is 6.23. The fraction of sp³-hybridized carbons (Fsp3) is 0.158. The van der Waals surface area contributed by atoms with Crippen molar-refractivity contribution in [1.82, 2.24) is 15.0 Å². The molecule has 3 rings (SSSR count). The van der Waals surface area contributed by atoms with E-state index in [9.17, 15) is 4.79 Å². The Morgan fingerprint density at radius 2 is 2.00 bits per heavy atom. The molecule has 8 nitrogen and oxygen atoms in total. The van der Waals surface area contributed by atoms with Crippen LogP contribution in [0.25, 0.3) is 0 Å². The number of aromatic nitrogens is 3. The highest BCUT2D eigenvalue weighted by molar-refractivity contribution is 6.28. The van der Waals surface area contributed by atoms with Gasteiger partial charge in [-0.3, -0.25) is 4.98 Å². The number of carbonyl (C=O) groups is 1. The van der Waals surface area contributed by atoms with Gasteiger partial charge in [0.1, 0.15) is 23.9 Å². The van der Waals surface area contributed by atoms with Gasteiger partial charge in [0.25, 0.3) is 0 Å². The Morgan fingerprint density at radius 1 is 1.14 bits per heavy atom. The number of carbonyl (C=O) groups excluding carboxylic acids is 1. The molecule has 0 aliphatic carbocycles. The molecule has 0 saturated carbocycles. The molecular formula is C19H17ClN4O4. The maximum absolute atomic E-state index is 12.9. The van der Waals surface area contributed by atoms with Crippen molar-refractivity contribution in [3.8, 4) is 11.5 Å². The Bertz CT molecular complexity index is 956. The summed E-state index contributed by atoms with van der Waals surface area (Å²) >= 11 is 5.91. The van der Waals surface area contributed by atoms with Gasteiger partial charge in [0.15, 0.2) is 0 Å². The standard InChI is InChI=1S/C19H17ClN4O4/c1-26-14-5-6-15(16(10-14)27-2)24(17-7-9-22-18(20)23-17)19(25)28-12-13-4-3-8-21-11-13/h3-11H,12H2,1-2H3. The molecule has 144 valence electrons. The highest BCUT2D eigenvalue weighted by Gasteiger charge is 2.25. The third kappa shape index (κ3) is 4.47. The fourth-order valence-electron chi connectivity index (χ4n) is 2.43. The van der Waals surface area contributed by atoms with E-state index in [0.717, 1.165) is 5.56 Å². The first-order chi connectivity index (χ1) is 13.6. The summed E-state index contributed by atoms with van der Waals surface area (Å²) in [7, 11) is 3.03. The molecule has 2 aromatic heterocycles. The minimum Gasteiger partial charge on any atom is -0.497 e. The summed E-state index contributed by atoms with van der Waals surface area (Å²) in [5.74, 6) is 1.21. The third-order valence-electron chi connectivity index (χ3n) is 3.74. The Labute approximate surface area is 166 Å². The van der Waals surface area contributed by atoms with Crippen LogP contribution in [0.4, 0.5) is 16.3 Å². The van der Waals surface area contributed by atoms with Crippen LogP contribution in [0.3, 0.4) is 0 Å². The van der Waals surface area contributed by atoms with Crippen LogP contribution in [0.1, 0.15) is 5.56 Å². The van der Waals surface area contributed by atoms with Gasteiger partial charge in [-0.2, -0.15) is 4.98 Å². The number of rotatable bonds is 6. The summed E-state index contributed by atoms with van der Waals surface area (Å²) in [4.78, 5) is 26.2. The number of methoxy groups -OCH3 is 2. The molecule has 2 heterocycles. The summed E-state index contributed by atoms with van der Waals surface area (Å²) in [5, 5.41) is -0.00459. The maximum Gasteiger partial charge on any atom is 0.420 e. The second-order valence-corrected chi connectivity index (χ2v) is 5.81. The molecule has 0 saturated heterocycles. The largest absolute Gasteiger partial charge is 0.497 e. The zero-order valence-corrected chi connectivity index (χ0v) is 16.0. The van der Waals surface area contributed by atoms with E-state index >= 15 is 0 Å². The van der Waals surface area contributed by atoms with Gasteiger partial charge in [-0.05, 0) is 29.8 Å². The van der Waals surface area contributed by atoms with Crippen LogP contribution in [0.2, 0.25) is 5.28 Å². The Morgan fingerprint density at radius 3 is 2.68 bits per heavy atom. The summed E-state index contributed by atoms with van der Waals surface area (Å²) < 4.78 is 16.1. The molecule has 0 aliphatic heterocycles. The van der Waals surface area contributed by atoms with Gasteiger partial charge in [-0.15, -0.1) is 0 Å². The lowest BCUT2D eigenvalue weighted by Crippen LogP contribution is -2.28. The molecule has 0 atom stereocenters. The maximum atomic E-state index is 12.9. The summed E-state index contributed by atoms with van der Waals surface area (Å²) in [6.07, 6.45) is 4.04. The highest BCUT2D eigenvalue weighted by Crippen LogP contribution is 2.36. The van der Waals surface area contributed by atoms with Crippen LogP contribution >= 0.6 is 11.6 Å². The number of ether oxygens (including phenoxy) is 3. The number of nitrogens with zero attached hydrogens (tertiary/aromatic N) is 4. The third-order valence-corrected chi connectivity index (χ3v) is 3.92. The van der Waals surface area contributed by atoms with E-state index in [-0.39, 0.29) is 17.7 Å². The van der Waals surface area contributed by atoms with Gasteiger partial charge < -0.3 is 14.2 Å². The molecule has 0 unspecified atom stereocenters. The van der Waals surface area contributed by atoms with Gasteiger partial charge >= 0.3 is 6.09 Å². The quantitative estimate of drug-likeness (QED) is 0.577. The van der Waals surface area contributed by atoms with E-state index in [2.05, 4.69) is 15.0 Å². The lowest BCUT2D eigenvalue weighted by molar-refractivity contribution is 0.149. The lowest BCUT2D eigenvalue weighted by Gasteiger charge is -2.23. The molecule has 28 heavy (non-hydrogen) atoms. The topological polar surface area (TPSA) is 86.7 Å². The van der Waals surface area contributed by atoms with Crippen molar-refractivity contribution < 1.29 is 19.0 Å². The molecule has 9 heteroatoms. The van der Waals surface area contributed by atoms with E-state index in [0.29, 0.717) is 17.2 Å². The van der Waals surface area contributed by atoms with Crippen molar-refractivity contribution in [2.24, 2.45) is 0 Å². The van der Waals surface area contributed by atoms with Gasteiger partial charge in [-0.1, -0.05) is 6.07 Å². The molecule has 0 aliphatic rings. The van der Waals surface area contributed by atoms with Crippen LogP contribution in [0, 0.1) is 0 Å². The molecule has 0 N–H and O–H groups in total. The number of hydrogen-bond donors (Lipinski definition) is 0. The Balaban J connectivity index is 1.97. The minimum absolute atomic E-state index is 0.00459. The van der Waals surface area contributed by atoms with Gasteiger partial charge in [-0.25, -0.2) is 14.7 Å². The van der Waals surface area contributed by atoms with E-state index in [1.807, 2.05) is 0 Å². The van der Waals surface area contributed by atoms with E-state index in [1.165, 1.54) is 18.2 Å². The summed E-state index contributed by atoms with van der Waals surface area (Å²) in [6, 6.07) is 10.1. The average molecular weight is 401 g/mol. The molecular weight excluding hydrogens is 384 g/mol. The van der Waals surface area contributed by atoms with Gasteiger partial charge in [0.05, 0.1) is 19.9 Å². The number of hydrogen-bond acceptors (Lipinski definition) is 7. The Hall–Kier alpha value is -3.39. The SMILES string of the molecule is COc1ccc(N(C(=O)OCc2cccnc2)c2ccnc(Cl)n2)c(OC)c1. The molecule has 3 aromatic rings. The molecule has 0 bridgehead atoms. The van der Waals surface area contributed by atoms with Crippen LogP contribution in [0.5, 0.6) is 11.5 Å². The second-order valence-electron chi connectivity index (χ2n) is 5.47. The summed E-state index contributed by atoms with van der Waals surface area (Å²) in [6.45, 7) is 0.0421. The first-order valence-corrected chi connectivity index (χ1v) is 8.56. The minimum atomic E-state index is -0.665. The van der Waals surface area contributed by atoms with Crippen molar-refractivity contribution in [1.29, 1.82) is 0 Å². The molecule has 0 fully saturated rings. The molecule has 0 spiro atoms. The van der Waals surface area contributed by atoms with Gasteiger partial charge in [0.2, 0.25) is 5.28 Å². The highest BCUT2D eigenvalue weighted by atomic mass is 35.5. The molecule has 0 radical (unpaired) electrons. The number of amides is 1. The normalized spacial score (nSPS) is 10.2. The molecule has 1 aromatic carbocycles. The van der Waals surface area contributed by atoms with Crippen molar-refractivity contribution in [2.45, 2.75) is 6.61 Å². The van der Waals surface area contributed by atoms with Gasteiger partial charge in [0, 0.05) is 36.3 Å². The summed E-state index contributed by atoms with van der Waals surface area (Å²) in [5.41, 5.74) is 1.16. The number of halogens is 1. The monoisotopic (exact) mass is 400 g/mol. The number of pyridine rings is 1. The van der Waals surface area contributed by atoms with Crippen LogP contribution in [-0.2, 0) is 11.3 Å². The molecule has 1 amide bonds. The smallest absolute Gasteiger partial charge is 0.420 e. The first-order valence-electron chi connectivity index (χ1n) is 8.18. The second kappa shape index (κ2) is 9.01. The van der Waals surface area contributed by atoms with E-state index in [1.54, 1.807) is 55.9 Å². The zero-order valence-electron chi connectivity index (χ0n) is 15.2. The van der Waals surface area contributed by atoms with Crippen molar-refractivity contribution in [2.75, 3.05) is 19.1 Å². The van der Waals surface area contributed by atoms with Crippen LogP contribution < -0.4 is 14.4 Å². The van der Waals surface area contributed by atoms with Crippen molar-refractivity contribution in [3.63, 3.8) is 0 Å². The van der Waals surface area contributed by atoms with Crippen LogP contribution in [-0.4, -0.2) is 35.3 Å². The zero-order chi connectivity index (χ0) is 19.9. The van der Waals surface area contributed by atoms with E-state index in [4.69, 9.17) is 25.8 Å². The number of benzene rings is 1. The lowest BCUT2D eigenvalue weighted by atomic mass is 10.2. The predicted molar refractivity (Wildman–Crippen MR) is 103 cm³/mol. The first kappa shape index (κ1) is 19.4. The van der Waals surface area contributed by atoms with Crippen molar-refractivity contribution >= 4 is 29.2 Å². The van der Waals surface area contributed by atoms with E-state index < -0.39 is 6.09 Å². The predicted octanol–water partition coefficient (Wildman–Crippen LogP) is 4.02. The fourth-order valence-corrected chi connectivity index (χ4v) is 2.57. The number of anilines is 2. The van der Waals surface area contributed by atoms with Crippen molar-refractivity contribution in [3.05, 3.63) is 65.8 Å². The average Bonchev–Trinajstić information content (AvgIpc) is 2.73.